The maximum Gasteiger partial charge on any atom is 0.417 e. The minimum atomic E-state index is -4.70. The molecule has 1 aromatic carbocycles. The Labute approximate surface area is 180 Å². The number of hydrogen-bond acceptors (Lipinski definition) is 4. The van der Waals surface area contributed by atoms with E-state index in [9.17, 15) is 18.0 Å². The normalized spacial score (nSPS) is 16.7. The number of halogens is 5. The van der Waals surface area contributed by atoms with Gasteiger partial charge < -0.3 is 4.98 Å². The van der Waals surface area contributed by atoms with Gasteiger partial charge >= 0.3 is 6.18 Å². The van der Waals surface area contributed by atoms with Crippen LogP contribution in [0.2, 0.25) is 10.0 Å². The highest BCUT2D eigenvalue weighted by atomic mass is 35.5. The van der Waals surface area contributed by atoms with Crippen molar-refractivity contribution in [1.82, 2.24) is 4.98 Å². The van der Waals surface area contributed by atoms with Gasteiger partial charge in [-0.25, -0.2) is 5.01 Å². The number of nitrogens with zero attached hydrogens (tertiary/aromatic N) is 3. The highest BCUT2D eigenvalue weighted by Crippen LogP contribution is 2.43. The molecule has 1 N–H and O–H groups in total. The molecule has 2 aromatic rings. The molecule has 0 saturated carbocycles. The zero-order chi connectivity index (χ0) is 22.4. The van der Waals surface area contributed by atoms with E-state index in [0.717, 1.165) is 6.07 Å². The number of hydrazone groups is 1. The number of fused-ring (bicyclic) bond motifs is 1. The largest absolute Gasteiger partial charge is 0.417 e. The molecule has 5 nitrogen and oxygen atoms in total. The van der Waals surface area contributed by atoms with Gasteiger partial charge in [0.05, 0.1) is 44.4 Å². The fourth-order valence-corrected chi connectivity index (χ4v) is 3.54. The summed E-state index contributed by atoms with van der Waals surface area (Å²) >= 11 is 12.5. The number of anilines is 1. The second-order valence-electron chi connectivity index (χ2n) is 6.87. The summed E-state index contributed by atoms with van der Waals surface area (Å²) in [6, 6.07) is 4.09. The van der Waals surface area contributed by atoms with Gasteiger partial charge in [-0.2, -0.15) is 18.3 Å². The molecule has 0 amide bonds. The molecule has 0 saturated heterocycles. The fourth-order valence-electron chi connectivity index (χ4n) is 2.99. The van der Waals surface area contributed by atoms with E-state index in [2.05, 4.69) is 21.7 Å². The predicted octanol–water partition coefficient (Wildman–Crippen LogP) is 5.66. The standard InChI is InChI=1S/C20H17Cl2F3N4O/c1-9(2)28-29-11(4)10(3)26-19(18-13(21)6-8-15(30)27-18)16-14(29)7-5-12(17(16)22)20(23,24)25/h5-8,10H,4H2,1-3H3,(H,27,30)/t10-/m0/s1. The molecule has 0 spiro atoms. The third-order valence-electron chi connectivity index (χ3n) is 4.37. The fraction of sp³-hybridized carbons (Fsp3) is 0.250. The topological polar surface area (TPSA) is 60.8 Å². The van der Waals surface area contributed by atoms with Crippen LogP contribution in [0.25, 0.3) is 0 Å². The van der Waals surface area contributed by atoms with Crippen LogP contribution in [-0.2, 0) is 6.18 Å². The van der Waals surface area contributed by atoms with Gasteiger partial charge in [-0.3, -0.25) is 9.79 Å². The number of H-pyrrole nitrogens is 1. The van der Waals surface area contributed by atoms with Crippen LogP contribution in [-0.4, -0.2) is 22.4 Å². The van der Waals surface area contributed by atoms with E-state index in [-0.39, 0.29) is 27.7 Å². The van der Waals surface area contributed by atoms with Crippen molar-refractivity contribution in [3.8, 4) is 0 Å². The third-order valence-corrected chi connectivity index (χ3v) is 5.08. The van der Waals surface area contributed by atoms with Gasteiger partial charge in [0.2, 0.25) is 5.56 Å². The molecule has 1 aliphatic heterocycles. The first-order valence-electron chi connectivity index (χ1n) is 8.79. The summed E-state index contributed by atoms with van der Waals surface area (Å²) in [5, 5.41) is 5.34. The maximum atomic E-state index is 13.6. The lowest BCUT2D eigenvalue weighted by atomic mass is 10.0. The van der Waals surface area contributed by atoms with Crippen molar-refractivity contribution in [2.24, 2.45) is 10.1 Å². The van der Waals surface area contributed by atoms with Gasteiger partial charge in [0.15, 0.2) is 0 Å². The lowest BCUT2D eigenvalue weighted by Crippen LogP contribution is -2.22. The number of hydrogen-bond donors (Lipinski definition) is 1. The Morgan fingerprint density at radius 1 is 1.23 bits per heavy atom. The van der Waals surface area contributed by atoms with E-state index in [4.69, 9.17) is 23.2 Å². The van der Waals surface area contributed by atoms with Gasteiger partial charge in [-0.1, -0.05) is 29.8 Å². The van der Waals surface area contributed by atoms with Crippen molar-refractivity contribution in [2.45, 2.75) is 33.0 Å². The number of aromatic nitrogens is 1. The Morgan fingerprint density at radius 3 is 2.50 bits per heavy atom. The van der Waals surface area contributed by atoms with Crippen LogP contribution in [0.15, 0.2) is 51.4 Å². The number of benzene rings is 1. The molecule has 0 bridgehead atoms. The zero-order valence-corrected chi connectivity index (χ0v) is 17.7. The van der Waals surface area contributed by atoms with E-state index in [1.807, 2.05) is 0 Å². The van der Waals surface area contributed by atoms with Gasteiger partial charge in [0.1, 0.15) is 0 Å². The summed E-state index contributed by atoms with van der Waals surface area (Å²) in [6.07, 6.45) is -4.70. The Bertz CT molecular complexity index is 1150. The van der Waals surface area contributed by atoms with Gasteiger partial charge in [-0.05, 0) is 39.0 Å². The summed E-state index contributed by atoms with van der Waals surface area (Å²) in [4.78, 5) is 19.0. The van der Waals surface area contributed by atoms with Crippen LogP contribution in [0.5, 0.6) is 0 Å². The second kappa shape index (κ2) is 7.92. The molecule has 0 fully saturated rings. The number of aliphatic imine (C=N–C) groups is 1. The first-order valence-corrected chi connectivity index (χ1v) is 9.55. The zero-order valence-electron chi connectivity index (χ0n) is 16.2. The number of pyridine rings is 1. The van der Waals surface area contributed by atoms with Gasteiger partial charge in [-0.15, -0.1) is 0 Å². The maximum absolute atomic E-state index is 13.6. The van der Waals surface area contributed by atoms with E-state index in [0.29, 0.717) is 11.4 Å². The van der Waals surface area contributed by atoms with Crippen LogP contribution in [0.4, 0.5) is 18.9 Å². The number of nitrogens with one attached hydrogen (secondary N) is 1. The SMILES string of the molecule is C=C1[C@H](C)N=C(c2[nH]c(=O)ccc2Cl)c2c(ccc(C(F)(F)F)c2Cl)N1N=C(C)C. The molecule has 0 unspecified atom stereocenters. The first-order chi connectivity index (χ1) is 13.9. The lowest BCUT2D eigenvalue weighted by Gasteiger charge is -2.25. The van der Waals surface area contributed by atoms with Crippen molar-refractivity contribution in [3.05, 3.63) is 73.8 Å². The molecular weight excluding hydrogens is 440 g/mol. The predicted molar refractivity (Wildman–Crippen MR) is 114 cm³/mol. The average Bonchev–Trinajstić information content (AvgIpc) is 2.73. The van der Waals surface area contributed by atoms with Crippen LogP contribution >= 0.6 is 23.2 Å². The van der Waals surface area contributed by atoms with E-state index >= 15 is 0 Å². The van der Waals surface area contributed by atoms with Gasteiger partial charge in [0, 0.05) is 17.3 Å². The smallest absolute Gasteiger partial charge is 0.319 e. The van der Waals surface area contributed by atoms with Crippen LogP contribution in [0, 0.1) is 0 Å². The number of benzodiazepines with no additional fused rings is 1. The van der Waals surface area contributed by atoms with Crippen LogP contribution in [0.1, 0.15) is 37.6 Å². The molecule has 158 valence electrons. The third kappa shape index (κ3) is 4.02. The molecule has 1 atom stereocenters. The Morgan fingerprint density at radius 2 is 1.90 bits per heavy atom. The quantitative estimate of drug-likeness (QED) is 0.592. The Hall–Kier alpha value is -2.58. The molecular formula is C20H17Cl2F3N4O. The van der Waals surface area contributed by atoms with Crippen molar-refractivity contribution < 1.29 is 13.2 Å². The monoisotopic (exact) mass is 456 g/mol. The van der Waals surface area contributed by atoms with E-state index in [1.165, 1.54) is 23.2 Å². The van der Waals surface area contributed by atoms with Gasteiger partial charge in [0.25, 0.3) is 0 Å². The number of rotatable bonds is 2. The van der Waals surface area contributed by atoms with Crippen LogP contribution in [0.3, 0.4) is 0 Å². The minimum absolute atomic E-state index is 0.0175. The van der Waals surface area contributed by atoms with Crippen molar-refractivity contribution in [2.75, 3.05) is 5.01 Å². The van der Waals surface area contributed by atoms with Crippen molar-refractivity contribution in [3.63, 3.8) is 0 Å². The van der Waals surface area contributed by atoms with Crippen molar-refractivity contribution >= 4 is 40.3 Å². The highest BCUT2D eigenvalue weighted by molar-refractivity contribution is 6.40. The molecule has 1 aromatic heterocycles. The Balaban J connectivity index is 2.46. The summed E-state index contributed by atoms with van der Waals surface area (Å²) in [7, 11) is 0. The average molecular weight is 457 g/mol. The molecule has 10 heteroatoms. The van der Waals surface area contributed by atoms with E-state index in [1.54, 1.807) is 20.8 Å². The summed E-state index contributed by atoms with van der Waals surface area (Å²) in [5.41, 5.74) is -0.209. The number of alkyl halides is 3. The molecule has 3 rings (SSSR count). The van der Waals surface area contributed by atoms with Crippen LogP contribution < -0.4 is 10.6 Å². The van der Waals surface area contributed by atoms with Crippen molar-refractivity contribution in [1.29, 1.82) is 0 Å². The molecule has 30 heavy (non-hydrogen) atoms. The van der Waals surface area contributed by atoms with E-state index < -0.39 is 28.4 Å². The number of aromatic amines is 1. The second-order valence-corrected chi connectivity index (χ2v) is 7.65. The summed E-state index contributed by atoms with van der Waals surface area (Å²) in [6.45, 7) is 9.18. The Kier molecular flexibility index (Phi) is 5.84. The minimum Gasteiger partial charge on any atom is -0.319 e. The molecule has 2 heterocycles. The first kappa shape index (κ1) is 22.1. The molecule has 0 radical (unpaired) electrons. The lowest BCUT2D eigenvalue weighted by molar-refractivity contribution is -0.137. The summed E-state index contributed by atoms with van der Waals surface area (Å²) < 4.78 is 40.8. The molecule has 1 aliphatic rings. The molecule has 0 aliphatic carbocycles. The summed E-state index contributed by atoms with van der Waals surface area (Å²) in [5.74, 6) is 0. The highest BCUT2D eigenvalue weighted by Gasteiger charge is 2.38.